The number of pyridine rings is 1. The molecule has 3 fully saturated rings. The summed E-state index contributed by atoms with van der Waals surface area (Å²) < 4.78 is 1.81. The average molecular weight is 310 g/mol. The van der Waals surface area contributed by atoms with Gasteiger partial charge in [0, 0.05) is 18.3 Å². The van der Waals surface area contributed by atoms with Crippen molar-refractivity contribution >= 4 is 5.91 Å². The molecule has 0 unspecified atom stereocenters. The van der Waals surface area contributed by atoms with Crippen LogP contribution in [0.1, 0.15) is 55.6 Å². The van der Waals surface area contributed by atoms with Crippen LogP contribution in [0.3, 0.4) is 0 Å². The van der Waals surface area contributed by atoms with Crippen molar-refractivity contribution in [1.29, 1.82) is 0 Å². The van der Waals surface area contributed by atoms with Gasteiger partial charge in [0.2, 0.25) is 0 Å². The lowest BCUT2D eigenvalue weighted by molar-refractivity contribution is 0.0609. The van der Waals surface area contributed by atoms with Crippen molar-refractivity contribution in [2.75, 3.05) is 6.54 Å². The molecule has 0 aromatic carbocycles. The Hall–Kier alpha value is -2.17. The standard InChI is InChI=1S/C18H22N4O/c1-12(2)16-14(10-20-22(16)15-6-4-5-7-19-15)17(23)21-11-13-8-18(21,3)9-13/h4-7,10,12-13H,8-9,11H2,1-3H3. The fourth-order valence-electron chi connectivity index (χ4n) is 4.23. The maximum atomic E-state index is 13.1. The highest BCUT2D eigenvalue weighted by atomic mass is 16.2. The summed E-state index contributed by atoms with van der Waals surface area (Å²) in [4.78, 5) is 19.5. The number of aromatic nitrogens is 3. The SMILES string of the molecule is CC(C)c1c(C(=O)N2CC3CC2(C)C3)cnn1-c1ccccn1. The van der Waals surface area contributed by atoms with Gasteiger partial charge in [-0.1, -0.05) is 19.9 Å². The number of rotatable bonds is 3. The third kappa shape index (κ3) is 2.10. The van der Waals surface area contributed by atoms with Gasteiger partial charge >= 0.3 is 0 Å². The molecule has 120 valence electrons. The van der Waals surface area contributed by atoms with Crippen LogP contribution >= 0.6 is 0 Å². The van der Waals surface area contributed by atoms with E-state index in [0.29, 0.717) is 5.92 Å². The van der Waals surface area contributed by atoms with Crippen LogP contribution < -0.4 is 0 Å². The minimum atomic E-state index is 0.0586. The lowest BCUT2D eigenvalue weighted by Crippen LogP contribution is -2.45. The van der Waals surface area contributed by atoms with Gasteiger partial charge in [-0.2, -0.15) is 5.10 Å². The molecule has 1 aliphatic carbocycles. The van der Waals surface area contributed by atoms with Gasteiger partial charge in [-0.25, -0.2) is 9.67 Å². The molecule has 0 radical (unpaired) electrons. The number of amides is 1. The molecular formula is C18H22N4O. The second-order valence-corrected chi connectivity index (χ2v) is 7.38. The predicted octanol–water partition coefficient (Wildman–Crippen LogP) is 3.02. The predicted molar refractivity (Wildman–Crippen MR) is 87.6 cm³/mol. The largest absolute Gasteiger partial charge is 0.333 e. The van der Waals surface area contributed by atoms with Gasteiger partial charge in [-0.15, -0.1) is 0 Å². The lowest BCUT2D eigenvalue weighted by Gasteiger charge is -2.38. The third-order valence-corrected chi connectivity index (χ3v) is 5.24. The van der Waals surface area contributed by atoms with E-state index < -0.39 is 0 Å². The van der Waals surface area contributed by atoms with Gasteiger partial charge in [0.05, 0.1) is 17.5 Å². The first kappa shape index (κ1) is 14.4. The highest BCUT2D eigenvalue weighted by molar-refractivity contribution is 5.96. The van der Waals surface area contributed by atoms with Crippen molar-refractivity contribution < 1.29 is 4.79 Å². The van der Waals surface area contributed by atoms with Crippen molar-refractivity contribution in [3.63, 3.8) is 0 Å². The molecule has 23 heavy (non-hydrogen) atoms. The van der Waals surface area contributed by atoms with Gasteiger partial charge in [-0.3, -0.25) is 4.79 Å². The number of hydrogen-bond donors (Lipinski definition) is 0. The Morgan fingerprint density at radius 3 is 2.70 bits per heavy atom. The summed E-state index contributed by atoms with van der Waals surface area (Å²) in [5.41, 5.74) is 1.73. The van der Waals surface area contributed by atoms with Gasteiger partial charge in [-0.05, 0) is 43.7 Å². The molecule has 1 saturated carbocycles. The van der Waals surface area contributed by atoms with Crippen molar-refractivity contribution in [1.82, 2.24) is 19.7 Å². The molecule has 2 saturated heterocycles. The van der Waals surface area contributed by atoms with Crippen LogP contribution in [0.15, 0.2) is 30.6 Å². The molecule has 2 bridgehead atoms. The van der Waals surface area contributed by atoms with Crippen LogP contribution in [0.5, 0.6) is 0 Å². The van der Waals surface area contributed by atoms with Crippen LogP contribution in [0, 0.1) is 5.92 Å². The Bertz CT molecular complexity index is 744. The van der Waals surface area contributed by atoms with E-state index in [1.807, 2.05) is 18.2 Å². The molecule has 2 aliphatic heterocycles. The highest BCUT2D eigenvalue weighted by Gasteiger charge is 2.54. The maximum absolute atomic E-state index is 13.1. The van der Waals surface area contributed by atoms with Gasteiger partial charge < -0.3 is 4.90 Å². The summed E-state index contributed by atoms with van der Waals surface area (Å²) in [6.07, 6.45) is 5.75. The Kier molecular flexibility index (Phi) is 3.08. The molecule has 0 spiro atoms. The number of carbonyl (C=O) groups excluding carboxylic acids is 1. The molecule has 5 nitrogen and oxygen atoms in total. The fourth-order valence-corrected chi connectivity index (χ4v) is 4.23. The molecule has 0 atom stereocenters. The number of carbonyl (C=O) groups is 1. The number of fused-ring (bicyclic) bond motifs is 1. The third-order valence-electron chi connectivity index (χ3n) is 5.24. The quantitative estimate of drug-likeness (QED) is 0.875. The van der Waals surface area contributed by atoms with Crippen LogP contribution in [0.2, 0.25) is 0 Å². The Balaban J connectivity index is 1.75. The Morgan fingerprint density at radius 1 is 1.35 bits per heavy atom. The van der Waals surface area contributed by atoms with Gasteiger partial charge in [0.1, 0.15) is 0 Å². The number of nitrogens with zero attached hydrogens (tertiary/aromatic N) is 4. The summed E-state index contributed by atoms with van der Waals surface area (Å²) in [7, 11) is 0. The second-order valence-electron chi connectivity index (χ2n) is 7.38. The van der Waals surface area contributed by atoms with E-state index in [4.69, 9.17) is 0 Å². The molecule has 1 amide bonds. The second kappa shape index (κ2) is 4.91. The van der Waals surface area contributed by atoms with Crippen molar-refractivity contribution in [3.8, 4) is 5.82 Å². The van der Waals surface area contributed by atoms with Crippen LogP contribution in [-0.2, 0) is 0 Å². The summed E-state index contributed by atoms with van der Waals surface area (Å²) in [6, 6.07) is 5.74. The van der Waals surface area contributed by atoms with Crippen molar-refractivity contribution in [3.05, 3.63) is 41.9 Å². The van der Waals surface area contributed by atoms with E-state index in [1.54, 1.807) is 17.1 Å². The molecule has 4 heterocycles. The number of hydrogen-bond acceptors (Lipinski definition) is 3. The van der Waals surface area contributed by atoms with E-state index in [0.717, 1.165) is 36.5 Å². The molecule has 2 aromatic heterocycles. The smallest absolute Gasteiger partial charge is 0.257 e. The van der Waals surface area contributed by atoms with E-state index >= 15 is 0 Å². The summed E-state index contributed by atoms with van der Waals surface area (Å²) in [5.74, 6) is 1.77. The molecular weight excluding hydrogens is 288 g/mol. The summed E-state index contributed by atoms with van der Waals surface area (Å²) >= 11 is 0. The highest BCUT2D eigenvalue weighted by Crippen LogP contribution is 2.50. The maximum Gasteiger partial charge on any atom is 0.257 e. The zero-order valence-corrected chi connectivity index (χ0v) is 13.9. The average Bonchev–Trinajstić information content (AvgIpc) is 3.17. The Morgan fingerprint density at radius 2 is 2.13 bits per heavy atom. The molecule has 2 aromatic rings. The van der Waals surface area contributed by atoms with E-state index in [2.05, 4.69) is 35.8 Å². The lowest BCUT2D eigenvalue weighted by atomic mass is 9.75. The Labute approximate surface area is 136 Å². The molecule has 0 N–H and O–H groups in total. The minimum Gasteiger partial charge on any atom is -0.333 e. The van der Waals surface area contributed by atoms with Crippen molar-refractivity contribution in [2.24, 2.45) is 5.92 Å². The zero-order valence-electron chi connectivity index (χ0n) is 13.9. The zero-order chi connectivity index (χ0) is 16.2. The van der Waals surface area contributed by atoms with Crippen LogP contribution in [0.4, 0.5) is 0 Å². The van der Waals surface area contributed by atoms with Crippen LogP contribution in [-0.4, -0.2) is 37.7 Å². The normalized spacial score (nSPS) is 25.7. The van der Waals surface area contributed by atoms with Crippen LogP contribution in [0.25, 0.3) is 5.82 Å². The monoisotopic (exact) mass is 310 g/mol. The summed E-state index contributed by atoms with van der Waals surface area (Å²) in [6.45, 7) is 7.28. The first-order valence-corrected chi connectivity index (χ1v) is 8.31. The molecule has 5 rings (SSSR count). The van der Waals surface area contributed by atoms with Gasteiger partial charge in [0.25, 0.3) is 5.91 Å². The van der Waals surface area contributed by atoms with E-state index in [1.165, 1.54) is 0 Å². The molecule has 3 aliphatic rings. The molecule has 5 heteroatoms. The van der Waals surface area contributed by atoms with E-state index in [9.17, 15) is 4.79 Å². The van der Waals surface area contributed by atoms with E-state index in [-0.39, 0.29) is 17.4 Å². The van der Waals surface area contributed by atoms with Gasteiger partial charge in [0.15, 0.2) is 5.82 Å². The van der Waals surface area contributed by atoms with Crippen molar-refractivity contribution in [2.45, 2.75) is 45.1 Å². The fraction of sp³-hybridized carbons (Fsp3) is 0.500. The minimum absolute atomic E-state index is 0.0586. The first-order valence-electron chi connectivity index (χ1n) is 8.31. The topological polar surface area (TPSA) is 51.0 Å². The summed E-state index contributed by atoms with van der Waals surface area (Å²) in [5, 5.41) is 4.47. The first-order chi connectivity index (χ1) is 11.0.